The topological polar surface area (TPSA) is 150 Å². The van der Waals surface area contributed by atoms with E-state index in [-0.39, 0.29) is 32.0 Å². The number of ketones is 1. The molecular weight excluding hydrogens is 813 g/mol. The van der Waals surface area contributed by atoms with E-state index in [2.05, 4.69) is 20.4 Å². The van der Waals surface area contributed by atoms with Crippen molar-refractivity contribution in [3.8, 4) is 0 Å². The number of fused-ring (bicyclic) bond motifs is 1. The van der Waals surface area contributed by atoms with Gasteiger partial charge in [-0.1, -0.05) is 155 Å². The van der Waals surface area contributed by atoms with Crippen molar-refractivity contribution in [2.24, 2.45) is 35.5 Å². The number of unbranched alkanes of at least 4 members (excludes halogenated alkanes) is 12. The van der Waals surface area contributed by atoms with Gasteiger partial charge in [0.2, 0.25) is 0 Å². The second kappa shape index (κ2) is 19.5. The van der Waals surface area contributed by atoms with Crippen molar-refractivity contribution < 1.29 is 53.0 Å². The van der Waals surface area contributed by atoms with Crippen LogP contribution in [0.5, 0.6) is 0 Å². The summed E-state index contributed by atoms with van der Waals surface area (Å²) in [5.41, 5.74) is -5.39. The highest BCUT2D eigenvalue weighted by Crippen LogP contribution is 2.75. The van der Waals surface area contributed by atoms with E-state index in [1.54, 1.807) is 24.3 Å². The first-order valence-electron chi connectivity index (χ1n) is 25.6. The number of esters is 2. The first-order valence-corrected chi connectivity index (χ1v) is 25.6. The van der Waals surface area contributed by atoms with Gasteiger partial charge in [-0.3, -0.25) is 9.59 Å². The summed E-state index contributed by atoms with van der Waals surface area (Å²) in [4.78, 5) is 42.3. The molecule has 3 saturated carbocycles. The fourth-order valence-corrected chi connectivity index (χ4v) is 13.8. The fourth-order valence-electron chi connectivity index (χ4n) is 13.8. The van der Waals surface area contributed by atoms with Gasteiger partial charge >= 0.3 is 11.9 Å². The molecule has 356 valence electrons. The Bertz CT molecular complexity index is 1820. The monoisotopic (exact) mass is 891 g/mol. The van der Waals surface area contributed by atoms with Crippen LogP contribution < -0.4 is 0 Å². The van der Waals surface area contributed by atoms with E-state index in [1.165, 1.54) is 57.8 Å². The van der Waals surface area contributed by atoms with Crippen molar-refractivity contribution in [1.29, 1.82) is 0 Å². The van der Waals surface area contributed by atoms with E-state index in [0.29, 0.717) is 18.4 Å². The summed E-state index contributed by atoms with van der Waals surface area (Å²) in [7, 11) is 0. The molecule has 4 aliphatic heterocycles. The van der Waals surface area contributed by atoms with E-state index in [4.69, 9.17) is 28.4 Å². The van der Waals surface area contributed by atoms with E-state index in [0.717, 1.165) is 63.4 Å². The van der Waals surface area contributed by atoms with Gasteiger partial charge < -0.3 is 38.6 Å². The number of epoxide rings is 1. The lowest BCUT2D eigenvalue weighted by atomic mass is 9.51. The van der Waals surface area contributed by atoms with Crippen LogP contribution in [0.15, 0.2) is 42.5 Å². The molecule has 64 heavy (non-hydrogen) atoms. The maximum absolute atomic E-state index is 15.1. The number of Topliss-reactive ketones (excluding diaryl/α,β-unsaturated/α-hetero) is 1. The highest BCUT2D eigenvalue weighted by molar-refractivity contribution is 5.94. The van der Waals surface area contributed by atoms with E-state index in [9.17, 15) is 19.8 Å². The maximum Gasteiger partial charge on any atom is 0.338 e. The summed E-state index contributed by atoms with van der Waals surface area (Å²) in [6, 6.07) is 8.82. The van der Waals surface area contributed by atoms with Crippen LogP contribution in [-0.4, -0.2) is 87.8 Å². The molecule has 7 fully saturated rings. The molecule has 0 amide bonds. The quantitative estimate of drug-likeness (QED) is 0.0558. The molecular formula is C53H78O11. The van der Waals surface area contributed by atoms with Crippen molar-refractivity contribution in [3.63, 3.8) is 0 Å². The fraction of sp³-hybridized carbons (Fsp3) is 0.792. The molecule has 2 N–H and O–H groups in total. The Morgan fingerprint density at radius 2 is 1.47 bits per heavy atom. The minimum Gasteiger partial charge on any atom is -0.462 e. The summed E-state index contributed by atoms with van der Waals surface area (Å²) in [6.07, 6.45) is 18.8. The lowest BCUT2D eigenvalue weighted by Gasteiger charge is -2.61. The molecule has 4 heterocycles. The molecule has 11 heteroatoms. The smallest absolute Gasteiger partial charge is 0.338 e. The van der Waals surface area contributed by atoms with E-state index >= 15 is 4.79 Å². The van der Waals surface area contributed by atoms with Gasteiger partial charge in [0.15, 0.2) is 17.0 Å². The second-order valence-electron chi connectivity index (χ2n) is 21.2. The number of rotatable bonds is 20. The molecule has 0 aromatic heterocycles. The normalized spacial score (nSPS) is 40.7. The average Bonchev–Trinajstić information content (AvgIpc) is 3.92. The maximum atomic E-state index is 15.1. The van der Waals surface area contributed by atoms with Gasteiger partial charge in [0.1, 0.15) is 30.5 Å². The van der Waals surface area contributed by atoms with Crippen molar-refractivity contribution in [2.75, 3.05) is 13.2 Å². The van der Waals surface area contributed by atoms with E-state index < -0.39 is 94.0 Å². The van der Waals surface area contributed by atoms with Crippen LogP contribution in [0.25, 0.3) is 0 Å². The average molecular weight is 891 g/mol. The zero-order valence-corrected chi connectivity index (χ0v) is 39.3. The van der Waals surface area contributed by atoms with Crippen LogP contribution in [-0.2, 0) is 38.0 Å². The third-order valence-corrected chi connectivity index (χ3v) is 17.1. The third kappa shape index (κ3) is 8.37. The number of hydrogen-bond donors (Lipinski definition) is 2. The van der Waals surface area contributed by atoms with Crippen molar-refractivity contribution in [2.45, 2.75) is 216 Å². The molecule has 14 atom stereocenters. The molecule has 2 spiro atoms. The van der Waals surface area contributed by atoms with Crippen LogP contribution >= 0.6 is 0 Å². The third-order valence-electron chi connectivity index (χ3n) is 17.1. The van der Waals surface area contributed by atoms with Gasteiger partial charge in [0, 0.05) is 36.5 Å². The van der Waals surface area contributed by atoms with Crippen molar-refractivity contribution in [1.82, 2.24) is 0 Å². The molecule has 0 radical (unpaired) electrons. The van der Waals surface area contributed by atoms with Gasteiger partial charge in [-0.25, -0.2) is 4.79 Å². The highest BCUT2D eigenvalue weighted by Gasteiger charge is 2.90. The van der Waals surface area contributed by atoms with Gasteiger partial charge in [-0.05, 0) is 55.7 Å². The summed E-state index contributed by atoms with van der Waals surface area (Å²) in [5.74, 6) is -6.32. The molecule has 3 aliphatic carbocycles. The lowest BCUT2D eigenvalue weighted by Crippen LogP contribution is -2.74. The Morgan fingerprint density at radius 3 is 2.14 bits per heavy atom. The minimum absolute atomic E-state index is 0.0355. The summed E-state index contributed by atoms with van der Waals surface area (Å²) in [5, 5.41) is 26.4. The number of benzene rings is 1. The number of hydrogen-bond acceptors (Lipinski definition) is 11. The zero-order valence-electron chi connectivity index (χ0n) is 39.3. The number of aliphatic hydroxyl groups excluding tert-OH is 1. The second-order valence-corrected chi connectivity index (χ2v) is 21.2. The van der Waals surface area contributed by atoms with Crippen LogP contribution in [0.2, 0.25) is 0 Å². The van der Waals surface area contributed by atoms with Crippen LogP contribution in [0.3, 0.4) is 0 Å². The molecule has 14 unspecified atom stereocenters. The van der Waals surface area contributed by atoms with Crippen LogP contribution in [0.1, 0.15) is 179 Å². The molecule has 3 bridgehead atoms. The summed E-state index contributed by atoms with van der Waals surface area (Å²) < 4.78 is 40.8. The van der Waals surface area contributed by atoms with Crippen molar-refractivity contribution in [3.05, 3.63) is 48.0 Å². The largest absolute Gasteiger partial charge is 0.462 e. The summed E-state index contributed by atoms with van der Waals surface area (Å²) in [6.45, 7) is 12.2. The molecule has 8 rings (SSSR count). The van der Waals surface area contributed by atoms with Gasteiger partial charge in [-0.2, -0.15) is 0 Å². The highest BCUT2D eigenvalue weighted by atomic mass is 16.9. The van der Waals surface area contributed by atoms with Crippen molar-refractivity contribution >= 4 is 17.7 Å². The number of ether oxygens (including phenoxy) is 6. The number of carbonyl (C=O) groups is 3. The predicted molar refractivity (Wildman–Crippen MR) is 241 cm³/mol. The standard InChI is InChI=1S/C53H78O11/c1-6-7-8-9-10-11-12-13-14-15-16-19-25-30-40(54)60-34-50-46(61-50)42-45-49(35(2)3)32-39(33-59-47(56)38-28-23-21-24-29-38)53(42)43-41(37(5)44(55)52(43,58)48(50)57)36(4)27-22-18-17-20-26-31-51(62-45,63-49)64-53/h21,23-24,28-29,36-37,39,41-43,45-46,48,57-58H,2,6-20,22,25-27,30-34H2,1,3-5H3. The first-order chi connectivity index (χ1) is 30.8. The Hall–Kier alpha value is -2.67. The minimum atomic E-state index is -2.35. The molecule has 11 nitrogen and oxygen atoms in total. The SMILES string of the molecule is C=C(C)C12CC(COC(=O)c3ccccc3)C34OC5(CCCCCCCC(C)C6C(C)C(=O)C(O)(C(O)C7(COC(=O)CCCCCCCCCCCCCCC)OC7C3C1O5)C64)O2. The summed E-state index contributed by atoms with van der Waals surface area (Å²) >= 11 is 0. The Kier molecular flexibility index (Phi) is 14.6. The number of aliphatic hydroxyl groups is 2. The first kappa shape index (κ1) is 47.8. The number of carbonyl (C=O) groups excluding carboxylic acids is 3. The van der Waals surface area contributed by atoms with E-state index in [1.807, 2.05) is 19.9 Å². The Morgan fingerprint density at radius 1 is 0.828 bits per heavy atom. The molecule has 1 aromatic rings. The van der Waals surface area contributed by atoms with Gasteiger partial charge in [0.05, 0.1) is 17.8 Å². The molecule has 7 aliphatic rings. The predicted octanol–water partition coefficient (Wildman–Crippen LogP) is 9.73. The molecule has 1 aromatic carbocycles. The zero-order chi connectivity index (χ0) is 45.3. The van der Waals surface area contributed by atoms with Gasteiger partial charge in [-0.15, -0.1) is 0 Å². The van der Waals surface area contributed by atoms with Gasteiger partial charge in [0.25, 0.3) is 5.97 Å². The Balaban J connectivity index is 1.07. The van der Waals surface area contributed by atoms with Crippen LogP contribution in [0.4, 0.5) is 0 Å². The Labute approximate surface area is 382 Å². The molecule has 4 saturated heterocycles. The van der Waals surface area contributed by atoms with Crippen LogP contribution in [0, 0.1) is 35.5 Å². The lowest BCUT2D eigenvalue weighted by molar-refractivity contribution is -0.438.